The van der Waals surface area contributed by atoms with Crippen LogP contribution in [-0.2, 0) is 37.5 Å². The highest BCUT2D eigenvalue weighted by Crippen LogP contribution is 2.13. The van der Waals surface area contributed by atoms with Gasteiger partial charge in [0.1, 0.15) is 5.01 Å². The van der Waals surface area contributed by atoms with Gasteiger partial charge < -0.3 is 15.4 Å². The lowest BCUT2D eigenvalue weighted by molar-refractivity contribution is 0.106. The fraction of sp³-hybridized carbons (Fsp3) is 0.304. The van der Waals surface area contributed by atoms with E-state index in [0.29, 0.717) is 26.3 Å². The predicted octanol–water partition coefficient (Wildman–Crippen LogP) is 4.29. The summed E-state index contributed by atoms with van der Waals surface area (Å²) in [5, 5.41) is 7.79. The first kappa shape index (κ1) is 21.0. The highest BCUT2D eigenvalue weighted by Gasteiger charge is 2.06. The first-order valence-corrected chi connectivity index (χ1v) is 10.7. The molecule has 29 heavy (non-hydrogen) atoms. The predicted molar refractivity (Wildman–Crippen MR) is 120 cm³/mol. The van der Waals surface area contributed by atoms with Crippen LogP contribution < -0.4 is 10.6 Å². The van der Waals surface area contributed by atoms with Crippen LogP contribution in [0.5, 0.6) is 0 Å². The molecule has 0 bridgehead atoms. The second kappa shape index (κ2) is 11.3. The van der Waals surface area contributed by atoms with Crippen molar-refractivity contribution in [3.63, 3.8) is 0 Å². The van der Waals surface area contributed by atoms with Crippen molar-refractivity contribution in [3.8, 4) is 0 Å². The molecule has 3 aromatic rings. The van der Waals surface area contributed by atoms with Crippen molar-refractivity contribution >= 4 is 17.3 Å². The number of aryl methyl sites for hydroxylation is 1. The molecule has 3 rings (SSSR count). The van der Waals surface area contributed by atoms with E-state index in [4.69, 9.17) is 4.74 Å². The van der Waals surface area contributed by atoms with Gasteiger partial charge in [0.2, 0.25) is 0 Å². The molecular weight excluding hydrogens is 380 g/mol. The number of aliphatic imine (C=N–C) groups is 1. The van der Waals surface area contributed by atoms with Gasteiger partial charge >= 0.3 is 0 Å². The van der Waals surface area contributed by atoms with E-state index in [1.165, 1.54) is 21.6 Å². The van der Waals surface area contributed by atoms with Gasteiger partial charge in [-0.3, -0.25) is 4.99 Å². The van der Waals surface area contributed by atoms with Crippen LogP contribution in [0, 0.1) is 0 Å². The number of thiazole rings is 1. The fourth-order valence-electron chi connectivity index (χ4n) is 2.88. The molecule has 1 heterocycles. The molecule has 0 radical (unpaired) electrons. The van der Waals surface area contributed by atoms with Gasteiger partial charge in [0.05, 0.1) is 19.8 Å². The van der Waals surface area contributed by atoms with E-state index in [0.717, 1.165) is 17.4 Å². The Labute approximate surface area is 176 Å². The minimum Gasteiger partial charge on any atom is -0.372 e. The van der Waals surface area contributed by atoms with Crippen molar-refractivity contribution < 1.29 is 4.74 Å². The Morgan fingerprint density at radius 1 is 0.966 bits per heavy atom. The van der Waals surface area contributed by atoms with E-state index in [1.807, 2.05) is 30.5 Å². The number of nitrogens with zero attached hydrogens (tertiary/aromatic N) is 2. The second-order valence-electron chi connectivity index (χ2n) is 6.60. The zero-order valence-corrected chi connectivity index (χ0v) is 17.8. The maximum atomic E-state index is 5.92. The van der Waals surface area contributed by atoms with Gasteiger partial charge in [0.25, 0.3) is 0 Å². The summed E-state index contributed by atoms with van der Waals surface area (Å²) in [5.41, 5.74) is 3.56. The SMILES string of the molecule is CCc1cnc(CNC(=NC)NCc2ccccc2COCc2ccccc2)s1. The summed E-state index contributed by atoms with van der Waals surface area (Å²) in [5.74, 6) is 0.762. The molecule has 0 amide bonds. The molecule has 0 saturated heterocycles. The number of aromatic nitrogens is 1. The fourth-order valence-corrected chi connectivity index (χ4v) is 3.68. The molecule has 0 saturated carbocycles. The van der Waals surface area contributed by atoms with Crippen LogP contribution in [0.25, 0.3) is 0 Å². The molecule has 0 unspecified atom stereocenters. The molecule has 152 valence electrons. The van der Waals surface area contributed by atoms with Crippen LogP contribution in [0.1, 0.15) is 33.5 Å². The lowest BCUT2D eigenvalue weighted by Crippen LogP contribution is -2.36. The van der Waals surface area contributed by atoms with Gasteiger partial charge in [-0.05, 0) is 23.1 Å². The number of ether oxygens (including phenoxy) is 1. The summed E-state index contributed by atoms with van der Waals surface area (Å²) < 4.78 is 5.92. The van der Waals surface area contributed by atoms with Crippen molar-refractivity contribution in [1.82, 2.24) is 15.6 Å². The Morgan fingerprint density at radius 3 is 2.41 bits per heavy atom. The van der Waals surface area contributed by atoms with Crippen molar-refractivity contribution in [2.24, 2.45) is 4.99 Å². The first-order valence-electron chi connectivity index (χ1n) is 9.85. The Morgan fingerprint density at radius 2 is 1.69 bits per heavy atom. The number of nitrogens with one attached hydrogen (secondary N) is 2. The van der Waals surface area contributed by atoms with E-state index >= 15 is 0 Å². The molecule has 6 heteroatoms. The van der Waals surface area contributed by atoms with Gasteiger partial charge in [-0.1, -0.05) is 61.5 Å². The first-order chi connectivity index (χ1) is 14.3. The third-order valence-corrected chi connectivity index (χ3v) is 5.66. The molecule has 2 N–H and O–H groups in total. The number of hydrogen-bond acceptors (Lipinski definition) is 4. The minimum atomic E-state index is 0.581. The van der Waals surface area contributed by atoms with Crippen LogP contribution in [0.3, 0.4) is 0 Å². The van der Waals surface area contributed by atoms with E-state index < -0.39 is 0 Å². The second-order valence-corrected chi connectivity index (χ2v) is 7.80. The smallest absolute Gasteiger partial charge is 0.191 e. The molecule has 2 aromatic carbocycles. The molecule has 1 aromatic heterocycles. The largest absolute Gasteiger partial charge is 0.372 e. The average molecular weight is 409 g/mol. The van der Waals surface area contributed by atoms with Crippen LogP contribution in [-0.4, -0.2) is 18.0 Å². The van der Waals surface area contributed by atoms with Crippen LogP contribution in [0.2, 0.25) is 0 Å². The quantitative estimate of drug-likeness (QED) is 0.410. The topological polar surface area (TPSA) is 58.5 Å². The summed E-state index contributed by atoms with van der Waals surface area (Å²) in [6.45, 7) is 4.69. The molecule has 5 nitrogen and oxygen atoms in total. The van der Waals surface area contributed by atoms with Crippen LogP contribution in [0.4, 0.5) is 0 Å². The lowest BCUT2D eigenvalue weighted by Gasteiger charge is -2.14. The van der Waals surface area contributed by atoms with Gasteiger partial charge in [-0.25, -0.2) is 4.98 Å². The maximum Gasteiger partial charge on any atom is 0.191 e. The van der Waals surface area contributed by atoms with E-state index in [-0.39, 0.29) is 0 Å². The van der Waals surface area contributed by atoms with Gasteiger partial charge in [-0.15, -0.1) is 11.3 Å². The van der Waals surface area contributed by atoms with Crippen molar-refractivity contribution in [2.45, 2.75) is 39.6 Å². The highest BCUT2D eigenvalue weighted by molar-refractivity contribution is 7.11. The normalized spacial score (nSPS) is 11.4. The van der Waals surface area contributed by atoms with Gasteiger partial charge in [0.15, 0.2) is 5.96 Å². The minimum absolute atomic E-state index is 0.581. The summed E-state index contributed by atoms with van der Waals surface area (Å²) in [4.78, 5) is 10.1. The molecule has 0 spiro atoms. The van der Waals surface area contributed by atoms with Crippen LogP contribution >= 0.6 is 11.3 Å². The molecule has 0 aliphatic rings. The third-order valence-electron chi connectivity index (χ3n) is 4.51. The number of benzene rings is 2. The van der Waals surface area contributed by atoms with Gasteiger partial charge in [0, 0.05) is 24.7 Å². The Balaban J connectivity index is 1.49. The van der Waals surface area contributed by atoms with E-state index in [2.05, 4.69) is 57.9 Å². The van der Waals surface area contributed by atoms with Crippen LogP contribution in [0.15, 0.2) is 65.8 Å². The maximum absolute atomic E-state index is 5.92. The van der Waals surface area contributed by atoms with Crippen molar-refractivity contribution in [2.75, 3.05) is 7.05 Å². The Hall–Kier alpha value is -2.70. The zero-order valence-electron chi connectivity index (χ0n) is 17.0. The van der Waals surface area contributed by atoms with E-state index in [9.17, 15) is 0 Å². The standard InChI is InChI=1S/C23H28N4OS/c1-3-21-14-25-22(29-21)15-27-23(24-2)26-13-19-11-7-8-12-20(19)17-28-16-18-9-5-4-6-10-18/h4-12,14H,3,13,15-17H2,1-2H3,(H2,24,26,27). The summed E-state index contributed by atoms with van der Waals surface area (Å²) >= 11 is 1.74. The molecule has 0 fully saturated rings. The van der Waals surface area contributed by atoms with E-state index in [1.54, 1.807) is 18.4 Å². The summed E-state index contributed by atoms with van der Waals surface area (Å²) in [6.07, 6.45) is 2.97. The van der Waals surface area contributed by atoms with Gasteiger partial charge in [-0.2, -0.15) is 0 Å². The molecule has 0 atom stereocenters. The molecular formula is C23H28N4OS. The molecule has 0 aliphatic carbocycles. The number of hydrogen-bond donors (Lipinski definition) is 2. The summed E-state index contributed by atoms with van der Waals surface area (Å²) in [7, 11) is 1.78. The zero-order chi connectivity index (χ0) is 20.3. The summed E-state index contributed by atoms with van der Waals surface area (Å²) in [6, 6.07) is 18.6. The monoisotopic (exact) mass is 408 g/mol. The Bertz CT molecular complexity index is 908. The van der Waals surface area contributed by atoms with Crippen molar-refractivity contribution in [3.05, 3.63) is 87.4 Å². The third kappa shape index (κ3) is 6.69. The Kier molecular flexibility index (Phi) is 8.22. The highest BCUT2D eigenvalue weighted by atomic mass is 32.1. The number of rotatable bonds is 9. The van der Waals surface area contributed by atoms with Crippen molar-refractivity contribution in [1.29, 1.82) is 0 Å². The lowest BCUT2D eigenvalue weighted by atomic mass is 10.1. The molecule has 0 aliphatic heterocycles. The average Bonchev–Trinajstić information content (AvgIpc) is 3.24. The number of guanidine groups is 1.